The van der Waals surface area contributed by atoms with Gasteiger partial charge in [0.2, 0.25) is 0 Å². The smallest absolute Gasteiger partial charge is 0.337 e. The Balaban J connectivity index is 0.000000134. The molecule has 18 heavy (non-hydrogen) atoms. The Morgan fingerprint density at radius 1 is 1.11 bits per heavy atom. The van der Waals surface area contributed by atoms with E-state index in [1.54, 1.807) is 6.07 Å². The molecular formula is C14H12N2O2. The minimum Gasteiger partial charge on any atom is -0.478 e. The van der Waals surface area contributed by atoms with Gasteiger partial charge in [0.15, 0.2) is 0 Å². The Labute approximate surface area is 104 Å². The van der Waals surface area contributed by atoms with E-state index in [0.717, 1.165) is 0 Å². The second-order valence-electron chi connectivity index (χ2n) is 3.61. The van der Waals surface area contributed by atoms with Crippen LogP contribution in [0.4, 0.5) is 0 Å². The number of pyridine rings is 1. The van der Waals surface area contributed by atoms with Gasteiger partial charge in [0.25, 0.3) is 0 Å². The third-order valence-electron chi connectivity index (χ3n) is 2.37. The van der Waals surface area contributed by atoms with E-state index in [9.17, 15) is 4.79 Å². The maximum absolute atomic E-state index is 10.2. The third-order valence-corrected chi connectivity index (χ3v) is 2.37. The summed E-state index contributed by atoms with van der Waals surface area (Å²) in [5.74, 6) is -0.942. The predicted octanol–water partition coefficient (Wildman–Crippen LogP) is 2.95. The number of nitrogens with zero attached hydrogens (tertiary/aromatic N) is 1. The first-order chi connectivity index (χ1) is 8.77. The summed E-state index contributed by atoms with van der Waals surface area (Å²) in [5.41, 5.74) is 1.43. The van der Waals surface area contributed by atoms with E-state index >= 15 is 0 Å². The molecule has 0 saturated heterocycles. The van der Waals surface area contributed by atoms with Crippen LogP contribution in [0.3, 0.4) is 0 Å². The van der Waals surface area contributed by atoms with Gasteiger partial charge < -0.3 is 10.1 Å². The molecule has 4 nitrogen and oxygen atoms in total. The number of aromatic nitrogens is 2. The number of aromatic amines is 1. The highest BCUT2D eigenvalue weighted by atomic mass is 16.4. The lowest BCUT2D eigenvalue weighted by Gasteiger charge is -1.87. The molecule has 0 aliphatic heterocycles. The van der Waals surface area contributed by atoms with Gasteiger partial charge in [-0.3, -0.25) is 4.98 Å². The molecular weight excluding hydrogens is 228 g/mol. The molecule has 0 spiro atoms. The molecule has 2 heterocycles. The van der Waals surface area contributed by atoms with Crippen LogP contribution in [0, 0.1) is 0 Å². The van der Waals surface area contributed by atoms with Crippen LogP contribution in [0.5, 0.6) is 0 Å². The van der Waals surface area contributed by atoms with Crippen molar-refractivity contribution in [2.75, 3.05) is 0 Å². The number of para-hydroxylation sites is 1. The summed E-state index contributed by atoms with van der Waals surface area (Å²) in [5, 5.41) is 9.62. The van der Waals surface area contributed by atoms with Crippen LogP contribution < -0.4 is 0 Å². The molecule has 0 bridgehead atoms. The molecule has 0 saturated carbocycles. The van der Waals surface area contributed by atoms with Gasteiger partial charge in [-0.2, -0.15) is 0 Å². The van der Waals surface area contributed by atoms with Crippen LogP contribution in [0.1, 0.15) is 10.4 Å². The Morgan fingerprint density at radius 3 is 2.56 bits per heavy atom. The number of benzene rings is 1. The van der Waals surface area contributed by atoms with Crippen LogP contribution in [0.2, 0.25) is 0 Å². The van der Waals surface area contributed by atoms with Crippen LogP contribution in [-0.2, 0) is 0 Å². The summed E-state index contributed by atoms with van der Waals surface area (Å²) >= 11 is 0. The number of carboxylic acids is 1. The van der Waals surface area contributed by atoms with Crippen molar-refractivity contribution < 1.29 is 9.90 Å². The zero-order chi connectivity index (χ0) is 12.8. The number of rotatable bonds is 1. The Hall–Kier alpha value is -2.62. The zero-order valence-corrected chi connectivity index (χ0v) is 9.58. The van der Waals surface area contributed by atoms with Gasteiger partial charge in [-0.05, 0) is 29.7 Å². The van der Waals surface area contributed by atoms with Crippen molar-refractivity contribution >= 4 is 16.9 Å². The average Bonchev–Trinajstić information content (AvgIpc) is 2.89. The summed E-state index contributed by atoms with van der Waals surface area (Å²) in [6, 6.07) is 13.4. The van der Waals surface area contributed by atoms with Crippen molar-refractivity contribution in [3.63, 3.8) is 0 Å². The average molecular weight is 240 g/mol. The van der Waals surface area contributed by atoms with Gasteiger partial charge >= 0.3 is 5.97 Å². The van der Waals surface area contributed by atoms with Gasteiger partial charge in [0.05, 0.1) is 5.56 Å². The van der Waals surface area contributed by atoms with E-state index in [0.29, 0.717) is 0 Å². The normalized spacial score (nSPS) is 9.56. The lowest BCUT2D eigenvalue weighted by Crippen LogP contribution is -1.94. The maximum Gasteiger partial charge on any atom is 0.337 e. The molecule has 0 unspecified atom stereocenters. The summed E-state index contributed by atoms with van der Waals surface area (Å²) in [7, 11) is 0. The van der Waals surface area contributed by atoms with Gasteiger partial charge in [0, 0.05) is 24.1 Å². The number of carbonyl (C=O) groups is 1. The van der Waals surface area contributed by atoms with Gasteiger partial charge in [-0.25, -0.2) is 4.79 Å². The first-order valence-electron chi connectivity index (χ1n) is 5.43. The summed E-state index contributed by atoms with van der Waals surface area (Å²) in [6.45, 7) is 0. The quantitative estimate of drug-likeness (QED) is 0.687. The Bertz CT molecular complexity index is 602. The summed E-state index contributed by atoms with van der Waals surface area (Å²) in [6.07, 6.45) is 4.79. The molecule has 0 aliphatic carbocycles. The summed E-state index contributed by atoms with van der Waals surface area (Å²) in [4.78, 5) is 16.9. The molecule has 0 amide bonds. The zero-order valence-electron chi connectivity index (χ0n) is 9.58. The molecule has 0 radical (unpaired) electrons. The molecule has 3 rings (SSSR count). The predicted molar refractivity (Wildman–Crippen MR) is 69.5 cm³/mol. The summed E-state index contributed by atoms with van der Waals surface area (Å²) < 4.78 is 0. The van der Waals surface area contributed by atoms with Crippen LogP contribution in [0.15, 0.2) is 61.1 Å². The number of aromatic carboxylic acids is 1. The number of nitrogens with one attached hydrogen (secondary N) is 1. The Morgan fingerprint density at radius 2 is 1.94 bits per heavy atom. The molecule has 1 aromatic carbocycles. The monoisotopic (exact) mass is 240 g/mol. The molecule has 0 fully saturated rings. The van der Waals surface area contributed by atoms with E-state index < -0.39 is 5.97 Å². The second kappa shape index (κ2) is 5.63. The molecule has 0 atom stereocenters. The van der Waals surface area contributed by atoms with Crippen molar-refractivity contribution in [2.45, 2.75) is 0 Å². The standard InChI is InChI=1S/C8H7N.C6H5NO2/c1-2-4-8-7(3-1)5-6-9-8;8-6(9)5-2-1-3-7-4-5/h1-6,9H;1-4H,(H,8,9). The number of carboxylic acid groups (broad SMARTS) is 1. The highest BCUT2D eigenvalue weighted by molar-refractivity contribution is 5.86. The second-order valence-corrected chi connectivity index (χ2v) is 3.61. The fourth-order valence-electron chi connectivity index (χ4n) is 1.48. The first-order valence-corrected chi connectivity index (χ1v) is 5.43. The topological polar surface area (TPSA) is 66.0 Å². The first kappa shape index (κ1) is 11.9. The van der Waals surface area contributed by atoms with E-state index in [2.05, 4.69) is 28.2 Å². The number of fused-ring (bicyclic) bond motifs is 1. The number of H-pyrrole nitrogens is 1. The number of hydrogen-bond donors (Lipinski definition) is 2. The molecule has 4 heteroatoms. The van der Waals surface area contributed by atoms with Crippen LogP contribution in [-0.4, -0.2) is 21.0 Å². The molecule has 2 N–H and O–H groups in total. The van der Waals surface area contributed by atoms with Gasteiger partial charge in [-0.15, -0.1) is 0 Å². The fraction of sp³-hybridized carbons (Fsp3) is 0. The van der Waals surface area contributed by atoms with Gasteiger partial charge in [0.1, 0.15) is 0 Å². The van der Waals surface area contributed by atoms with E-state index in [4.69, 9.17) is 5.11 Å². The van der Waals surface area contributed by atoms with Crippen molar-refractivity contribution in [3.8, 4) is 0 Å². The maximum atomic E-state index is 10.2. The SMILES string of the molecule is O=C(O)c1cccnc1.c1ccc2[nH]ccc2c1. The van der Waals surface area contributed by atoms with E-state index in [1.807, 2.05) is 18.3 Å². The van der Waals surface area contributed by atoms with Crippen LogP contribution >= 0.6 is 0 Å². The van der Waals surface area contributed by atoms with Crippen molar-refractivity contribution in [1.82, 2.24) is 9.97 Å². The van der Waals surface area contributed by atoms with Gasteiger partial charge in [-0.1, -0.05) is 18.2 Å². The molecule has 2 aromatic heterocycles. The lowest BCUT2D eigenvalue weighted by atomic mass is 10.3. The third kappa shape index (κ3) is 2.95. The van der Waals surface area contributed by atoms with Crippen LogP contribution in [0.25, 0.3) is 10.9 Å². The molecule has 3 aromatic rings. The number of hydrogen-bond acceptors (Lipinski definition) is 2. The minimum atomic E-state index is -0.942. The fourth-order valence-corrected chi connectivity index (χ4v) is 1.48. The highest BCUT2D eigenvalue weighted by Crippen LogP contribution is 2.09. The highest BCUT2D eigenvalue weighted by Gasteiger charge is 1.97. The molecule has 90 valence electrons. The largest absolute Gasteiger partial charge is 0.478 e. The van der Waals surface area contributed by atoms with Crippen molar-refractivity contribution in [3.05, 3.63) is 66.6 Å². The minimum absolute atomic E-state index is 0.220. The van der Waals surface area contributed by atoms with E-state index in [-0.39, 0.29) is 5.56 Å². The molecule has 0 aliphatic rings. The van der Waals surface area contributed by atoms with Crippen molar-refractivity contribution in [1.29, 1.82) is 0 Å². The van der Waals surface area contributed by atoms with Crippen molar-refractivity contribution in [2.24, 2.45) is 0 Å². The van der Waals surface area contributed by atoms with E-state index in [1.165, 1.54) is 29.4 Å². The Kier molecular flexibility index (Phi) is 3.71. The lowest BCUT2D eigenvalue weighted by molar-refractivity contribution is 0.0696.